The van der Waals surface area contributed by atoms with Crippen LogP contribution in [0.15, 0.2) is 66.7 Å². The summed E-state index contributed by atoms with van der Waals surface area (Å²) in [7, 11) is 1.58. The van der Waals surface area contributed by atoms with Gasteiger partial charge < -0.3 is 10.2 Å². The molecule has 0 aliphatic carbocycles. The van der Waals surface area contributed by atoms with Crippen molar-refractivity contribution in [3.8, 4) is 0 Å². The molecule has 1 atom stereocenters. The van der Waals surface area contributed by atoms with E-state index in [2.05, 4.69) is 5.32 Å². The summed E-state index contributed by atoms with van der Waals surface area (Å²) in [5.74, 6) is -0.408. The maximum atomic E-state index is 13.6. The van der Waals surface area contributed by atoms with E-state index < -0.39 is 6.04 Å². The molecule has 0 bridgehead atoms. The number of halogens is 2. The smallest absolute Gasteiger partial charge is 0.242 e. The fraction of sp³-hybridized carbons (Fsp3) is 0.259. The van der Waals surface area contributed by atoms with Crippen LogP contribution in [-0.4, -0.2) is 29.8 Å². The maximum absolute atomic E-state index is 13.6. The van der Waals surface area contributed by atoms with Crippen molar-refractivity contribution in [2.75, 3.05) is 7.05 Å². The van der Waals surface area contributed by atoms with E-state index in [1.807, 2.05) is 62.4 Å². The van der Waals surface area contributed by atoms with E-state index >= 15 is 0 Å². The minimum atomic E-state index is -0.719. The molecule has 0 aliphatic rings. The van der Waals surface area contributed by atoms with Crippen molar-refractivity contribution in [2.45, 2.75) is 39.3 Å². The Morgan fingerprint density at radius 1 is 0.879 bits per heavy atom. The molecular formula is C27H28Cl2N2O2. The van der Waals surface area contributed by atoms with Crippen molar-refractivity contribution in [3.05, 3.63) is 105 Å². The topological polar surface area (TPSA) is 49.4 Å². The van der Waals surface area contributed by atoms with E-state index in [1.165, 1.54) is 5.56 Å². The van der Waals surface area contributed by atoms with Gasteiger partial charge in [0.2, 0.25) is 11.8 Å². The number of hydrogen-bond donors (Lipinski definition) is 1. The zero-order valence-electron chi connectivity index (χ0n) is 19.1. The monoisotopic (exact) mass is 482 g/mol. The Hall–Kier alpha value is -2.82. The van der Waals surface area contributed by atoms with E-state index in [9.17, 15) is 9.59 Å². The molecule has 3 aromatic rings. The van der Waals surface area contributed by atoms with E-state index in [1.54, 1.807) is 30.1 Å². The van der Waals surface area contributed by atoms with Gasteiger partial charge in [0.05, 0.1) is 6.42 Å². The van der Waals surface area contributed by atoms with Gasteiger partial charge in [0.1, 0.15) is 6.04 Å². The third-order valence-electron chi connectivity index (χ3n) is 5.83. The fourth-order valence-corrected chi connectivity index (χ4v) is 4.28. The number of aryl methyl sites for hydroxylation is 2. The van der Waals surface area contributed by atoms with Crippen LogP contribution >= 0.6 is 23.2 Å². The van der Waals surface area contributed by atoms with Gasteiger partial charge in [0.15, 0.2) is 0 Å². The first-order chi connectivity index (χ1) is 15.8. The summed E-state index contributed by atoms with van der Waals surface area (Å²) in [6.45, 7) is 4.19. The molecule has 0 saturated heterocycles. The van der Waals surface area contributed by atoms with Gasteiger partial charge >= 0.3 is 0 Å². The molecule has 3 aromatic carbocycles. The van der Waals surface area contributed by atoms with Crippen molar-refractivity contribution in [2.24, 2.45) is 0 Å². The normalized spacial score (nSPS) is 11.7. The van der Waals surface area contributed by atoms with Crippen LogP contribution in [0.3, 0.4) is 0 Å². The molecule has 33 heavy (non-hydrogen) atoms. The second-order valence-electron chi connectivity index (χ2n) is 8.14. The second kappa shape index (κ2) is 11.4. The zero-order valence-corrected chi connectivity index (χ0v) is 20.6. The number of amides is 2. The van der Waals surface area contributed by atoms with Gasteiger partial charge in [-0.05, 0) is 48.2 Å². The van der Waals surface area contributed by atoms with E-state index in [-0.39, 0.29) is 24.8 Å². The molecule has 0 heterocycles. The third-order valence-corrected chi connectivity index (χ3v) is 6.54. The molecule has 172 valence electrons. The van der Waals surface area contributed by atoms with Gasteiger partial charge in [0, 0.05) is 35.6 Å². The molecule has 6 heteroatoms. The highest BCUT2D eigenvalue weighted by Gasteiger charge is 2.30. The number of likely N-dealkylation sites (N-methyl/N-ethyl adjacent to an activating group) is 1. The molecule has 0 unspecified atom stereocenters. The van der Waals surface area contributed by atoms with E-state index in [0.717, 1.165) is 16.7 Å². The van der Waals surface area contributed by atoms with Crippen LogP contribution in [0.4, 0.5) is 0 Å². The van der Waals surface area contributed by atoms with Gasteiger partial charge in [-0.25, -0.2) is 0 Å². The van der Waals surface area contributed by atoms with Crippen molar-refractivity contribution in [1.29, 1.82) is 0 Å². The standard InChI is InChI=1S/C27H28Cl2N2O2/c1-18-12-13-21(14-19(18)2)16-26(32)31(17-22-23(28)10-7-11-24(22)29)25(27(33)30-3)15-20-8-5-4-6-9-20/h4-14,25H,15-17H2,1-3H3,(H,30,33)/t25-/m1/s1. The molecule has 0 spiro atoms. The van der Waals surface area contributed by atoms with E-state index in [0.29, 0.717) is 22.0 Å². The zero-order chi connectivity index (χ0) is 24.0. The average molecular weight is 483 g/mol. The summed E-state index contributed by atoms with van der Waals surface area (Å²) < 4.78 is 0. The second-order valence-corrected chi connectivity index (χ2v) is 8.95. The first-order valence-corrected chi connectivity index (χ1v) is 11.6. The van der Waals surface area contributed by atoms with Crippen LogP contribution in [-0.2, 0) is 29.0 Å². The van der Waals surface area contributed by atoms with Crippen LogP contribution in [0.1, 0.15) is 27.8 Å². The Morgan fingerprint density at radius 2 is 1.55 bits per heavy atom. The summed E-state index contributed by atoms with van der Waals surface area (Å²) in [6, 6.07) is 20.1. The highest BCUT2D eigenvalue weighted by atomic mass is 35.5. The summed E-state index contributed by atoms with van der Waals surface area (Å²) in [6.07, 6.45) is 0.548. The van der Waals surface area contributed by atoms with Gasteiger partial charge in [-0.2, -0.15) is 0 Å². The molecule has 2 amide bonds. The summed E-state index contributed by atoms with van der Waals surface area (Å²) in [5, 5.41) is 3.64. The molecule has 0 aromatic heterocycles. The molecule has 0 radical (unpaired) electrons. The number of nitrogens with zero attached hydrogens (tertiary/aromatic N) is 1. The highest BCUT2D eigenvalue weighted by Crippen LogP contribution is 2.27. The predicted octanol–water partition coefficient (Wildman–Crippen LogP) is 5.54. The number of nitrogens with one attached hydrogen (secondary N) is 1. The SMILES string of the molecule is CNC(=O)[C@@H](Cc1ccccc1)N(Cc1c(Cl)cccc1Cl)C(=O)Cc1ccc(C)c(C)c1. The predicted molar refractivity (Wildman–Crippen MR) is 135 cm³/mol. The molecular weight excluding hydrogens is 455 g/mol. The van der Waals surface area contributed by atoms with Crippen LogP contribution in [0.2, 0.25) is 10.0 Å². The maximum Gasteiger partial charge on any atom is 0.242 e. The van der Waals surface area contributed by atoms with Gasteiger partial charge in [-0.3, -0.25) is 9.59 Å². The molecule has 1 N–H and O–H groups in total. The van der Waals surface area contributed by atoms with Gasteiger partial charge in [0.25, 0.3) is 0 Å². The molecule has 0 fully saturated rings. The summed E-state index contributed by atoms with van der Waals surface area (Å²) in [4.78, 5) is 28.2. The number of carbonyl (C=O) groups excluding carboxylic acids is 2. The minimum absolute atomic E-state index is 0.132. The lowest BCUT2D eigenvalue weighted by Gasteiger charge is -2.32. The lowest BCUT2D eigenvalue weighted by atomic mass is 10.0. The molecule has 3 rings (SSSR count). The van der Waals surface area contributed by atoms with Crippen molar-refractivity contribution >= 4 is 35.0 Å². The Kier molecular flexibility index (Phi) is 8.54. The lowest BCUT2D eigenvalue weighted by Crippen LogP contribution is -2.50. The summed E-state index contributed by atoms with van der Waals surface area (Å²) >= 11 is 12.9. The van der Waals surface area contributed by atoms with Crippen molar-refractivity contribution in [3.63, 3.8) is 0 Å². The van der Waals surface area contributed by atoms with Crippen molar-refractivity contribution < 1.29 is 9.59 Å². The molecule has 0 aliphatic heterocycles. The third kappa shape index (κ3) is 6.37. The number of rotatable bonds is 8. The van der Waals surface area contributed by atoms with Crippen LogP contribution in [0.25, 0.3) is 0 Å². The Balaban J connectivity index is 2.00. The Labute approximate surface area is 205 Å². The quantitative estimate of drug-likeness (QED) is 0.458. The van der Waals surface area contributed by atoms with Gasteiger partial charge in [-0.15, -0.1) is 0 Å². The van der Waals surface area contributed by atoms with E-state index in [4.69, 9.17) is 23.2 Å². The van der Waals surface area contributed by atoms with Crippen LogP contribution in [0.5, 0.6) is 0 Å². The first-order valence-electron chi connectivity index (χ1n) is 10.8. The molecule has 0 saturated carbocycles. The average Bonchev–Trinajstić information content (AvgIpc) is 2.80. The van der Waals surface area contributed by atoms with Gasteiger partial charge in [-0.1, -0.05) is 77.8 Å². The Bertz CT molecular complexity index is 1110. The number of benzene rings is 3. The largest absolute Gasteiger partial charge is 0.357 e. The fourth-order valence-electron chi connectivity index (χ4n) is 3.76. The first kappa shape index (κ1) is 24.8. The molecule has 4 nitrogen and oxygen atoms in total. The van der Waals surface area contributed by atoms with Crippen molar-refractivity contribution in [1.82, 2.24) is 10.2 Å². The lowest BCUT2D eigenvalue weighted by molar-refractivity contribution is -0.140. The highest BCUT2D eigenvalue weighted by molar-refractivity contribution is 6.36. The minimum Gasteiger partial charge on any atom is -0.357 e. The summed E-state index contributed by atoms with van der Waals surface area (Å²) in [5.41, 5.74) is 4.76. The number of hydrogen-bond acceptors (Lipinski definition) is 2. The van der Waals surface area contributed by atoms with Crippen LogP contribution < -0.4 is 5.32 Å². The Morgan fingerprint density at radius 3 is 2.15 bits per heavy atom. The number of carbonyl (C=O) groups is 2. The van der Waals surface area contributed by atoms with Crippen LogP contribution in [0, 0.1) is 13.8 Å².